The lowest BCUT2D eigenvalue weighted by Gasteiger charge is -2.30. The van der Waals surface area contributed by atoms with Crippen molar-refractivity contribution in [3.8, 4) is 11.3 Å². The van der Waals surface area contributed by atoms with Crippen molar-refractivity contribution in [3.63, 3.8) is 0 Å². The van der Waals surface area contributed by atoms with Crippen molar-refractivity contribution in [2.24, 2.45) is 5.92 Å². The van der Waals surface area contributed by atoms with Crippen LogP contribution in [0.2, 0.25) is 0 Å². The Bertz CT molecular complexity index is 978. The standard InChI is InChI=1S/C24H26N4O/c1-17-12-14-28(15-13-17)24-26-22(20-6-4-3-5-7-20)16-23(27-24)25-21-10-8-19(9-11-21)18(2)29/h3-11,16-17H,12-15H2,1-2H3,(H,25,26,27). The van der Waals surface area contributed by atoms with Crippen LogP contribution in [0.4, 0.5) is 17.5 Å². The quantitative estimate of drug-likeness (QED) is 0.601. The van der Waals surface area contributed by atoms with Crippen molar-refractivity contribution >= 4 is 23.2 Å². The number of nitrogens with one attached hydrogen (secondary N) is 1. The molecule has 0 aliphatic carbocycles. The minimum absolute atomic E-state index is 0.0616. The zero-order valence-corrected chi connectivity index (χ0v) is 16.9. The van der Waals surface area contributed by atoms with Crippen LogP contribution in [0.5, 0.6) is 0 Å². The minimum atomic E-state index is 0.0616. The summed E-state index contributed by atoms with van der Waals surface area (Å²) < 4.78 is 0. The highest BCUT2D eigenvalue weighted by Gasteiger charge is 2.19. The molecule has 3 aromatic rings. The maximum absolute atomic E-state index is 11.5. The highest BCUT2D eigenvalue weighted by Crippen LogP contribution is 2.27. The molecule has 1 aliphatic heterocycles. The van der Waals surface area contributed by atoms with E-state index in [1.165, 1.54) is 0 Å². The van der Waals surface area contributed by atoms with Crippen molar-refractivity contribution in [2.75, 3.05) is 23.3 Å². The first-order valence-electron chi connectivity index (χ1n) is 10.2. The number of ketones is 1. The van der Waals surface area contributed by atoms with E-state index in [1.807, 2.05) is 48.5 Å². The molecule has 148 valence electrons. The molecule has 29 heavy (non-hydrogen) atoms. The SMILES string of the molecule is CC(=O)c1ccc(Nc2cc(-c3ccccc3)nc(N3CCC(C)CC3)n2)cc1. The predicted octanol–water partition coefficient (Wildman–Crippen LogP) is 5.33. The van der Waals surface area contributed by atoms with Crippen molar-refractivity contribution in [3.05, 3.63) is 66.2 Å². The Balaban J connectivity index is 1.66. The maximum Gasteiger partial charge on any atom is 0.227 e. The van der Waals surface area contributed by atoms with E-state index in [0.717, 1.165) is 60.6 Å². The van der Waals surface area contributed by atoms with E-state index in [1.54, 1.807) is 6.92 Å². The molecular weight excluding hydrogens is 360 g/mol. The number of nitrogens with zero attached hydrogens (tertiary/aromatic N) is 3. The molecule has 0 unspecified atom stereocenters. The van der Waals surface area contributed by atoms with Crippen LogP contribution in [-0.4, -0.2) is 28.8 Å². The Labute approximate surface area is 171 Å². The van der Waals surface area contributed by atoms with Crippen LogP contribution in [0.1, 0.15) is 37.0 Å². The number of hydrogen-bond donors (Lipinski definition) is 1. The fourth-order valence-corrected chi connectivity index (χ4v) is 3.54. The van der Waals surface area contributed by atoms with E-state index < -0.39 is 0 Å². The minimum Gasteiger partial charge on any atom is -0.341 e. The summed E-state index contributed by atoms with van der Waals surface area (Å²) in [7, 11) is 0. The van der Waals surface area contributed by atoms with Gasteiger partial charge in [-0.1, -0.05) is 37.3 Å². The molecule has 0 bridgehead atoms. The average molecular weight is 386 g/mol. The topological polar surface area (TPSA) is 58.1 Å². The summed E-state index contributed by atoms with van der Waals surface area (Å²) in [4.78, 5) is 23.4. The van der Waals surface area contributed by atoms with Gasteiger partial charge in [0.1, 0.15) is 5.82 Å². The average Bonchev–Trinajstić information content (AvgIpc) is 2.75. The van der Waals surface area contributed by atoms with Gasteiger partial charge in [-0.2, -0.15) is 4.98 Å². The summed E-state index contributed by atoms with van der Waals surface area (Å²) in [5.41, 5.74) is 3.56. The largest absolute Gasteiger partial charge is 0.341 e. The van der Waals surface area contributed by atoms with Gasteiger partial charge in [-0.25, -0.2) is 4.98 Å². The fraction of sp³-hybridized carbons (Fsp3) is 0.292. The molecule has 1 aliphatic rings. The number of benzene rings is 2. The third-order valence-electron chi connectivity index (χ3n) is 5.41. The summed E-state index contributed by atoms with van der Waals surface area (Å²) >= 11 is 0. The molecule has 1 aromatic heterocycles. The van der Waals surface area contributed by atoms with Gasteiger partial charge in [-0.3, -0.25) is 4.79 Å². The van der Waals surface area contributed by atoms with Gasteiger partial charge in [-0.05, 0) is 49.9 Å². The number of carbonyl (C=O) groups excluding carboxylic acids is 1. The number of anilines is 3. The Morgan fingerprint density at radius 1 is 1.00 bits per heavy atom. The highest BCUT2D eigenvalue weighted by atomic mass is 16.1. The van der Waals surface area contributed by atoms with Crippen molar-refractivity contribution in [2.45, 2.75) is 26.7 Å². The summed E-state index contributed by atoms with van der Waals surface area (Å²) in [6.45, 7) is 5.83. The smallest absolute Gasteiger partial charge is 0.227 e. The molecule has 0 saturated carbocycles. The van der Waals surface area contributed by atoms with Crippen LogP contribution < -0.4 is 10.2 Å². The zero-order chi connectivity index (χ0) is 20.2. The molecule has 4 rings (SSSR count). The number of rotatable bonds is 5. The molecule has 0 amide bonds. The monoisotopic (exact) mass is 386 g/mol. The number of Topliss-reactive ketones (excluding diaryl/α,β-unsaturated/α-hetero) is 1. The van der Waals surface area contributed by atoms with Crippen LogP contribution in [0.25, 0.3) is 11.3 Å². The van der Waals surface area contributed by atoms with Crippen LogP contribution in [-0.2, 0) is 0 Å². The lowest BCUT2D eigenvalue weighted by atomic mass is 10.00. The Morgan fingerprint density at radius 3 is 2.34 bits per heavy atom. The summed E-state index contributed by atoms with van der Waals surface area (Å²) in [6, 6.07) is 19.6. The van der Waals surface area contributed by atoms with Crippen molar-refractivity contribution in [1.82, 2.24) is 9.97 Å². The maximum atomic E-state index is 11.5. The molecule has 1 saturated heterocycles. The normalized spacial score (nSPS) is 14.6. The first-order valence-corrected chi connectivity index (χ1v) is 10.2. The summed E-state index contributed by atoms with van der Waals surface area (Å²) in [5.74, 6) is 2.33. The third kappa shape index (κ3) is 4.62. The molecule has 2 heterocycles. The van der Waals surface area contributed by atoms with E-state index in [0.29, 0.717) is 5.56 Å². The Kier molecular flexibility index (Phi) is 5.56. The van der Waals surface area contributed by atoms with Crippen LogP contribution in [0.15, 0.2) is 60.7 Å². The molecule has 5 nitrogen and oxygen atoms in total. The van der Waals surface area contributed by atoms with E-state index in [9.17, 15) is 4.79 Å². The van der Waals surface area contributed by atoms with Gasteiger partial charge in [0.05, 0.1) is 5.69 Å². The predicted molar refractivity (Wildman–Crippen MR) is 118 cm³/mol. The summed E-state index contributed by atoms with van der Waals surface area (Å²) in [5, 5.41) is 3.38. The zero-order valence-electron chi connectivity index (χ0n) is 16.9. The molecular formula is C24H26N4O. The second-order valence-electron chi connectivity index (χ2n) is 7.73. The molecule has 1 fully saturated rings. The molecule has 5 heteroatoms. The van der Waals surface area contributed by atoms with Crippen LogP contribution in [0, 0.1) is 5.92 Å². The second kappa shape index (κ2) is 8.43. The van der Waals surface area contributed by atoms with E-state index in [-0.39, 0.29) is 5.78 Å². The van der Waals surface area contributed by atoms with Gasteiger partial charge >= 0.3 is 0 Å². The van der Waals surface area contributed by atoms with Gasteiger partial charge in [0.15, 0.2) is 5.78 Å². The Hall–Kier alpha value is -3.21. The first kappa shape index (κ1) is 19.1. The summed E-state index contributed by atoms with van der Waals surface area (Å²) in [6.07, 6.45) is 2.32. The van der Waals surface area contributed by atoms with E-state index >= 15 is 0 Å². The third-order valence-corrected chi connectivity index (χ3v) is 5.41. The van der Waals surface area contributed by atoms with Crippen LogP contribution >= 0.6 is 0 Å². The van der Waals surface area contributed by atoms with Crippen molar-refractivity contribution in [1.29, 1.82) is 0 Å². The first-order chi connectivity index (χ1) is 14.1. The van der Waals surface area contributed by atoms with Crippen LogP contribution in [0.3, 0.4) is 0 Å². The van der Waals surface area contributed by atoms with E-state index in [2.05, 4.69) is 29.3 Å². The molecule has 0 atom stereocenters. The lowest BCUT2D eigenvalue weighted by Crippen LogP contribution is -2.34. The van der Waals surface area contributed by atoms with Gasteiger partial charge in [-0.15, -0.1) is 0 Å². The Morgan fingerprint density at radius 2 is 1.69 bits per heavy atom. The van der Waals surface area contributed by atoms with E-state index in [4.69, 9.17) is 9.97 Å². The molecule has 1 N–H and O–H groups in total. The van der Waals surface area contributed by atoms with Gasteiger partial charge in [0.2, 0.25) is 5.95 Å². The second-order valence-corrected chi connectivity index (χ2v) is 7.73. The molecule has 2 aromatic carbocycles. The van der Waals surface area contributed by atoms with Gasteiger partial charge < -0.3 is 10.2 Å². The van der Waals surface area contributed by atoms with Crippen molar-refractivity contribution < 1.29 is 4.79 Å². The van der Waals surface area contributed by atoms with Gasteiger partial charge in [0, 0.05) is 36.0 Å². The number of aromatic nitrogens is 2. The lowest BCUT2D eigenvalue weighted by molar-refractivity contribution is 0.101. The molecule has 0 spiro atoms. The molecule has 0 radical (unpaired) electrons. The number of carbonyl (C=O) groups is 1. The highest BCUT2D eigenvalue weighted by molar-refractivity contribution is 5.94. The number of piperidine rings is 1. The van der Waals surface area contributed by atoms with Gasteiger partial charge in [0.25, 0.3) is 0 Å². The number of hydrogen-bond acceptors (Lipinski definition) is 5. The fourth-order valence-electron chi connectivity index (χ4n) is 3.54.